The van der Waals surface area contributed by atoms with E-state index < -0.39 is 15.9 Å². The van der Waals surface area contributed by atoms with Crippen LogP contribution in [0.4, 0.5) is 0 Å². The number of rotatable bonds is 8. The molecule has 1 aliphatic rings. The van der Waals surface area contributed by atoms with Crippen molar-refractivity contribution in [1.82, 2.24) is 9.62 Å². The first kappa shape index (κ1) is 23.1. The van der Waals surface area contributed by atoms with Crippen LogP contribution in [-0.4, -0.2) is 52.5 Å². The molecule has 3 rings (SSSR count). The van der Waals surface area contributed by atoms with E-state index in [2.05, 4.69) is 5.32 Å². The molecule has 168 valence electrons. The number of hydrogen-bond donors (Lipinski definition) is 1. The van der Waals surface area contributed by atoms with Crippen molar-refractivity contribution in [1.29, 1.82) is 0 Å². The van der Waals surface area contributed by atoms with Crippen LogP contribution in [0.2, 0.25) is 0 Å². The van der Waals surface area contributed by atoms with Crippen molar-refractivity contribution in [3.8, 4) is 11.5 Å². The number of amides is 1. The summed E-state index contributed by atoms with van der Waals surface area (Å²) in [4.78, 5) is 13.3. The number of ether oxygens (including phenoxy) is 2. The maximum absolute atomic E-state index is 13.2. The number of hydrogen-bond acceptors (Lipinski definition) is 5. The van der Waals surface area contributed by atoms with Crippen LogP contribution in [0.15, 0.2) is 53.4 Å². The second-order valence-corrected chi connectivity index (χ2v) is 10.0. The number of nitrogens with zero attached hydrogens (tertiary/aromatic N) is 1. The molecule has 7 nitrogen and oxygen atoms in total. The number of carbonyl (C=O) groups is 1. The van der Waals surface area contributed by atoms with Gasteiger partial charge in [0.1, 0.15) is 11.5 Å². The van der Waals surface area contributed by atoms with Crippen LogP contribution in [0.3, 0.4) is 0 Å². The third-order valence-corrected chi connectivity index (χ3v) is 7.37. The monoisotopic (exact) mass is 446 g/mol. The van der Waals surface area contributed by atoms with Crippen LogP contribution in [0, 0.1) is 11.8 Å². The number of sulfonamides is 1. The number of benzene rings is 2. The lowest BCUT2D eigenvalue weighted by molar-refractivity contribution is -0.125. The molecule has 2 aromatic rings. The summed E-state index contributed by atoms with van der Waals surface area (Å²) in [7, 11) is -0.597. The summed E-state index contributed by atoms with van der Waals surface area (Å²) in [6.45, 7) is 4.88. The molecule has 0 saturated carbocycles. The van der Waals surface area contributed by atoms with Crippen molar-refractivity contribution in [2.24, 2.45) is 11.8 Å². The minimum absolute atomic E-state index is 0.112. The van der Waals surface area contributed by atoms with Gasteiger partial charge >= 0.3 is 0 Å². The van der Waals surface area contributed by atoms with E-state index >= 15 is 0 Å². The second-order valence-electron chi connectivity index (χ2n) is 8.09. The quantitative estimate of drug-likeness (QED) is 0.674. The van der Waals surface area contributed by atoms with Crippen LogP contribution in [0.1, 0.15) is 25.3 Å². The molecular formula is C23H30N2O5S. The van der Waals surface area contributed by atoms with E-state index in [1.54, 1.807) is 56.7 Å². The van der Waals surface area contributed by atoms with Gasteiger partial charge in [0, 0.05) is 31.6 Å². The molecule has 8 heteroatoms. The van der Waals surface area contributed by atoms with Crippen molar-refractivity contribution in [3.63, 3.8) is 0 Å². The minimum atomic E-state index is -3.72. The lowest BCUT2D eigenvalue weighted by Gasteiger charge is -2.21. The second kappa shape index (κ2) is 9.70. The fourth-order valence-corrected chi connectivity index (χ4v) is 5.36. The first-order valence-electron chi connectivity index (χ1n) is 10.3. The molecule has 0 spiro atoms. The van der Waals surface area contributed by atoms with E-state index in [4.69, 9.17) is 9.47 Å². The Balaban J connectivity index is 1.97. The standard InChI is InChI=1S/C23H30N2O5S/c1-16(2)13-24-23(26)21-15-25(31(27,28)18-8-6-5-7-9-18)14-20(21)19-11-10-17(29-3)12-22(19)30-4/h5-12,16,20-21H,13-15H2,1-4H3,(H,24,26)/t20-,21+/m1/s1. The number of methoxy groups -OCH3 is 2. The van der Waals surface area contributed by atoms with E-state index in [1.807, 2.05) is 19.9 Å². The average molecular weight is 447 g/mol. The summed E-state index contributed by atoms with van der Waals surface area (Å²) < 4.78 is 38.7. The Labute approximate surface area is 184 Å². The third kappa shape index (κ3) is 5.02. The predicted octanol–water partition coefficient (Wildman–Crippen LogP) is 2.88. The fourth-order valence-electron chi connectivity index (χ4n) is 3.85. The van der Waals surface area contributed by atoms with Gasteiger partial charge in [0.2, 0.25) is 15.9 Å². The topological polar surface area (TPSA) is 84.9 Å². The van der Waals surface area contributed by atoms with Crippen LogP contribution in [0.25, 0.3) is 0 Å². The highest BCUT2D eigenvalue weighted by Gasteiger charge is 2.44. The van der Waals surface area contributed by atoms with Crippen LogP contribution >= 0.6 is 0 Å². The van der Waals surface area contributed by atoms with Gasteiger partial charge in [0.15, 0.2) is 0 Å². The van der Waals surface area contributed by atoms with Crippen molar-refractivity contribution in [2.75, 3.05) is 33.9 Å². The van der Waals surface area contributed by atoms with Gasteiger partial charge in [0.05, 0.1) is 25.0 Å². The van der Waals surface area contributed by atoms with Gasteiger partial charge in [-0.1, -0.05) is 38.1 Å². The summed E-state index contributed by atoms with van der Waals surface area (Å²) >= 11 is 0. The largest absolute Gasteiger partial charge is 0.497 e. The van der Waals surface area contributed by atoms with Crippen molar-refractivity contribution >= 4 is 15.9 Å². The molecule has 0 unspecified atom stereocenters. The SMILES string of the molecule is COc1ccc([C@H]2CN(S(=O)(=O)c3ccccc3)C[C@@H]2C(=O)NCC(C)C)c(OC)c1. The van der Waals surface area contributed by atoms with E-state index in [0.717, 1.165) is 5.56 Å². The number of carbonyl (C=O) groups excluding carboxylic acids is 1. The molecule has 31 heavy (non-hydrogen) atoms. The molecule has 0 aliphatic carbocycles. The first-order valence-corrected chi connectivity index (χ1v) is 11.8. The smallest absolute Gasteiger partial charge is 0.243 e. The van der Waals surface area contributed by atoms with Gasteiger partial charge in [-0.2, -0.15) is 4.31 Å². The summed E-state index contributed by atoms with van der Waals surface area (Å²) in [5.41, 5.74) is 0.791. The molecule has 2 aromatic carbocycles. The zero-order valence-electron chi connectivity index (χ0n) is 18.4. The van der Waals surface area contributed by atoms with E-state index in [-0.39, 0.29) is 29.8 Å². The Kier molecular flexibility index (Phi) is 7.23. The highest BCUT2D eigenvalue weighted by molar-refractivity contribution is 7.89. The van der Waals surface area contributed by atoms with Crippen LogP contribution in [0.5, 0.6) is 11.5 Å². The van der Waals surface area contributed by atoms with Crippen LogP contribution < -0.4 is 14.8 Å². The van der Waals surface area contributed by atoms with Gasteiger partial charge in [-0.25, -0.2) is 8.42 Å². The molecule has 1 saturated heterocycles. The maximum atomic E-state index is 13.2. The van der Waals surface area contributed by atoms with Crippen molar-refractivity contribution < 1.29 is 22.7 Å². The fraction of sp³-hybridized carbons (Fsp3) is 0.435. The summed E-state index contributed by atoms with van der Waals surface area (Å²) in [6.07, 6.45) is 0. The Morgan fingerprint density at radius 2 is 1.81 bits per heavy atom. The summed E-state index contributed by atoms with van der Waals surface area (Å²) in [5.74, 6) is 0.481. The van der Waals surface area contributed by atoms with Crippen molar-refractivity contribution in [3.05, 3.63) is 54.1 Å². The molecule has 0 bridgehead atoms. The first-order chi connectivity index (χ1) is 14.8. The highest BCUT2D eigenvalue weighted by atomic mass is 32.2. The molecule has 0 radical (unpaired) electrons. The van der Waals surface area contributed by atoms with E-state index in [0.29, 0.717) is 24.0 Å². The van der Waals surface area contributed by atoms with Gasteiger partial charge in [-0.3, -0.25) is 4.79 Å². The molecule has 1 heterocycles. The van der Waals surface area contributed by atoms with Gasteiger partial charge < -0.3 is 14.8 Å². The zero-order valence-corrected chi connectivity index (χ0v) is 19.2. The lowest BCUT2D eigenvalue weighted by atomic mass is 9.87. The Hall–Kier alpha value is -2.58. The van der Waals surface area contributed by atoms with Crippen molar-refractivity contribution in [2.45, 2.75) is 24.7 Å². The van der Waals surface area contributed by atoms with Gasteiger partial charge in [-0.15, -0.1) is 0 Å². The maximum Gasteiger partial charge on any atom is 0.243 e. The molecule has 1 amide bonds. The molecule has 2 atom stereocenters. The van der Waals surface area contributed by atoms with Crippen LogP contribution in [-0.2, 0) is 14.8 Å². The zero-order chi connectivity index (χ0) is 22.6. The average Bonchev–Trinajstić information content (AvgIpc) is 3.23. The number of nitrogens with one attached hydrogen (secondary N) is 1. The Bertz CT molecular complexity index is 1010. The molecular weight excluding hydrogens is 416 g/mol. The van der Waals surface area contributed by atoms with Gasteiger partial charge in [0.25, 0.3) is 0 Å². The Morgan fingerprint density at radius 1 is 1.10 bits per heavy atom. The minimum Gasteiger partial charge on any atom is -0.497 e. The predicted molar refractivity (Wildman–Crippen MR) is 119 cm³/mol. The molecule has 1 fully saturated rings. The Morgan fingerprint density at radius 3 is 2.42 bits per heavy atom. The van der Waals surface area contributed by atoms with E-state index in [9.17, 15) is 13.2 Å². The van der Waals surface area contributed by atoms with Gasteiger partial charge in [-0.05, 0) is 29.7 Å². The molecule has 1 N–H and O–H groups in total. The molecule has 1 aliphatic heterocycles. The van der Waals surface area contributed by atoms with E-state index in [1.165, 1.54) is 4.31 Å². The normalized spacial score (nSPS) is 19.4. The lowest BCUT2D eigenvalue weighted by Crippen LogP contribution is -2.37. The summed E-state index contributed by atoms with van der Waals surface area (Å²) in [6, 6.07) is 13.7. The summed E-state index contributed by atoms with van der Waals surface area (Å²) in [5, 5.41) is 2.97. The third-order valence-electron chi connectivity index (χ3n) is 5.53. The highest BCUT2D eigenvalue weighted by Crippen LogP contribution is 2.41. The molecule has 0 aromatic heterocycles.